The maximum absolute atomic E-state index is 13.5. The van der Waals surface area contributed by atoms with E-state index in [1.165, 1.54) is 23.5 Å². The molecule has 2 aromatic carbocycles. The molecule has 0 unspecified atom stereocenters. The molecule has 0 spiro atoms. The first-order chi connectivity index (χ1) is 16.8. The van der Waals surface area contributed by atoms with Crippen LogP contribution in [-0.2, 0) is 21.2 Å². The summed E-state index contributed by atoms with van der Waals surface area (Å²) < 4.78 is 33.4. The van der Waals surface area contributed by atoms with E-state index in [1.54, 1.807) is 12.1 Å². The van der Waals surface area contributed by atoms with Crippen LogP contribution in [-0.4, -0.2) is 62.1 Å². The number of nitrogens with zero attached hydrogens (tertiary/aromatic N) is 1. The molecule has 0 saturated heterocycles. The number of ether oxygens (including phenoxy) is 1. The van der Waals surface area contributed by atoms with Crippen LogP contribution in [0.25, 0.3) is 0 Å². The Bertz CT molecular complexity index is 1070. The largest absolute Gasteiger partial charge is 0.497 e. The van der Waals surface area contributed by atoms with Crippen LogP contribution in [0.1, 0.15) is 40.2 Å². The van der Waals surface area contributed by atoms with Gasteiger partial charge >= 0.3 is 0 Å². The standard InChI is InChI=1S/C27H41N3O5S/c1-19(2)17-30(36(33,34)22-14-12-21(35-6)13-15-22)18-24(31)23(16-20-10-8-7-9-11-20)29-26(32)25(28)27(3,4)5/h7-15,19,23-25,31H,16-18,28H2,1-6H3,(H,29,32)/t23-,24+,25+/m0/s1. The normalized spacial score (nSPS) is 14.9. The minimum absolute atomic E-state index is 0.0155. The number of carbonyl (C=O) groups is 1. The lowest BCUT2D eigenvalue weighted by Gasteiger charge is -2.33. The highest BCUT2D eigenvalue weighted by atomic mass is 32.2. The molecule has 0 heterocycles. The first-order valence-electron chi connectivity index (χ1n) is 12.2. The second-order valence-corrected chi connectivity index (χ2v) is 12.5. The molecule has 3 atom stereocenters. The highest BCUT2D eigenvalue weighted by Gasteiger charge is 2.34. The number of aliphatic hydroxyl groups is 1. The van der Waals surface area contributed by atoms with Crippen molar-refractivity contribution in [3.05, 3.63) is 60.2 Å². The maximum atomic E-state index is 13.5. The Morgan fingerprint density at radius 3 is 2.14 bits per heavy atom. The fraction of sp³-hybridized carbons (Fsp3) is 0.519. The number of amides is 1. The van der Waals surface area contributed by atoms with Gasteiger partial charge in [0, 0.05) is 13.1 Å². The topological polar surface area (TPSA) is 122 Å². The molecule has 2 rings (SSSR count). The third-order valence-electron chi connectivity index (χ3n) is 5.96. The zero-order valence-corrected chi connectivity index (χ0v) is 23.0. The number of aliphatic hydroxyl groups excluding tert-OH is 1. The third-order valence-corrected chi connectivity index (χ3v) is 7.81. The van der Waals surface area contributed by atoms with Gasteiger partial charge in [-0.2, -0.15) is 4.31 Å². The van der Waals surface area contributed by atoms with E-state index in [2.05, 4.69) is 5.32 Å². The number of methoxy groups -OCH3 is 1. The Labute approximate surface area is 215 Å². The van der Waals surface area contributed by atoms with Gasteiger partial charge in [0.2, 0.25) is 15.9 Å². The highest BCUT2D eigenvalue weighted by Crippen LogP contribution is 2.22. The Morgan fingerprint density at radius 1 is 1.06 bits per heavy atom. The second-order valence-electron chi connectivity index (χ2n) is 10.6. The van der Waals surface area contributed by atoms with E-state index >= 15 is 0 Å². The first-order valence-corrected chi connectivity index (χ1v) is 13.6. The van der Waals surface area contributed by atoms with Crippen molar-refractivity contribution < 1.29 is 23.1 Å². The fourth-order valence-corrected chi connectivity index (χ4v) is 5.35. The van der Waals surface area contributed by atoms with Crippen molar-refractivity contribution in [1.82, 2.24) is 9.62 Å². The summed E-state index contributed by atoms with van der Waals surface area (Å²) in [7, 11) is -2.40. The van der Waals surface area contributed by atoms with E-state index in [4.69, 9.17) is 10.5 Å². The number of sulfonamides is 1. The van der Waals surface area contributed by atoms with Crippen LogP contribution in [0.5, 0.6) is 5.75 Å². The average Bonchev–Trinajstić information content (AvgIpc) is 2.82. The molecule has 1 amide bonds. The van der Waals surface area contributed by atoms with Crippen LogP contribution in [0.4, 0.5) is 0 Å². The predicted octanol–water partition coefficient (Wildman–Crippen LogP) is 2.80. The summed E-state index contributed by atoms with van der Waals surface area (Å²) in [6.45, 7) is 9.44. The molecular weight excluding hydrogens is 478 g/mol. The van der Waals surface area contributed by atoms with Gasteiger partial charge in [-0.3, -0.25) is 4.79 Å². The summed E-state index contributed by atoms with van der Waals surface area (Å²) in [6.07, 6.45) is -0.851. The van der Waals surface area contributed by atoms with Crippen molar-refractivity contribution in [3.8, 4) is 5.75 Å². The third kappa shape index (κ3) is 8.30. The lowest BCUT2D eigenvalue weighted by molar-refractivity contribution is -0.126. The van der Waals surface area contributed by atoms with Gasteiger partial charge in [-0.15, -0.1) is 0 Å². The van der Waals surface area contributed by atoms with E-state index in [-0.39, 0.29) is 23.9 Å². The van der Waals surface area contributed by atoms with Gasteiger partial charge in [0.25, 0.3) is 0 Å². The average molecular weight is 520 g/mol. The number of nitrogens with two attached hydrogens (primary N) is 1. The van der Waals surface area contributed by atoms with Gasteiger partial charge in [0.15, 0.2) is 0 Å². The van der Waals surface area contributed by atoms with Gasteiger partial charge in [-0.25, -0.2) is 8.42 Å². The Hall–Kier alpha value is -2.46. The molecule has 9 heteroatoms. The molecular formula is C27H41N3O5S. The smallest absolute Gasteiger partial charge is 0.243 e. The molecule has 0 fully saturated rings. The molecule has 0 aromatic heterocycles. The molecule has 0 aliphatic carbocycles. The molecule has 200 valence electrons. The summed E-state index contributed by atoms with van der Waals surface area (Å²) >= 11 is 0. The zero-order valence-electron chi connectivity index (χ0n) is 22.1. The van der Waals surface area contributed by atoms with Crippen molar-refractivity contribution in [2.45, 2.75) is 64.1 Å². The van der Waals surface area contributed by atoms with Crippen molar-refractivity contribution >= 4 is 15.9 Å². The van der Waals surface area contributed by atoms with Crippen LogP contribution in [0.2, 0.25) is 0 Å². The van der Waals surface area contributed by atoms with Gasteiger partial charge < -0.3 is 20.9 Å². The summed E-state index contributed by atoms with van der Waals surface area (Å²) in [6, 6.07) is 14.0. The number of carbonyl (C=O) groups excluding carboxylic acids is 1. The molecule has 0 radical (unpaired) electrons. The second kappa shape index (κ2) is 12.7. The molecule has 8 nitrogen and oxygen atoms in total. The van der Waals surface area contributed by atoms with Gasteiger partial charge in [0.05, 0.1) is 30.2 Å². The molecule has 36 heavy (non-hydrogen) atoms. The van der Waals surface area contributed by atoms with Crippen LogP contribution in [0.3, 0.4) is 0 Å². The molecule has 0 saturated carbocycles. The van der Waals surface area contributed by atoms with Gasteiger partial charge in [0.1, 0.15) is 5.75 Å². The zero-order chi connectivity index (χ0) is 27.1. The van der Waals surface area contributed by atoms with Gasteiger partial charge in [-0.1, -0.05) is 65.0 Å². The first kappa shape index (κ1) is 29.8. The number of nitrogens with one attached hydrogen (secondary N) is 1. The quantitative estimate of drug-likeness (QED) is 0.396. The maximum Gasteiger partial charge on any atom is 0.243 e. The van der Waals surface area contributed by atoms with E-state index in [1.807, 2.05) is 65.0 Å². The van der Waals surface area contributed by atoms with Crippen molar-refractivity contribution in [2.75, 3.05) is 20.2 Å². The van der Waals surface area contributed by atoms with E-state index < -0.39 is 39.5 Å². The van der Waals surface area contributed by atoms with E-state index in [9.17, 15) is 18.3 Å². The highest BCUT2D eigenvalue weighted by molar-refractivity contribution is 7.89. The van der Waals surface area contributed by atoms with E-state index in [0.717, 1.165) is 5.56 Å². The van der Waals surface area contributed by atoms with Crippen LogP contribution in [0.15, 0.2) is 59.5 Å². The molecule has 0 aliphatic heterocycles. The summed E-state index contributed by atoms with van der Waals surface area (Å²) in [4.78, 5) is 13.1. The molecule has 0 bridgehead atoms. The number of rotatable bonds is 12. The summed E-state index contributed by atoms with van der Waals surface area (Å²) in [5.74, 6) is 0.169. The minimum Gasteiger partial charge on any atom is -0.497 e. The summed E-state index contributed by atoms with van der Waals surface area (Å²) in [5.41, 5.74) is 6.59. The Kier molecular flexibility index (Phi) is 10.5. The number of benzene rings is 2. The lowest BCUT2D eigenvalue weighted by Crippen LogP contribution is -2.56. The van der Waals surface area contributed by atoms with Crippen molar-refractivity contribution in [2.24, 2.45) is 17.1 Å². The minimum atomic E-state index is -3.91. The van der Waals surface area contributed by atoms with Crippen LogP contribution in [0, 0.1) is 11.3 Å². The SMILES string of the molecule is COc1ccc(S(=O)(=O)N(CC(C)C)C[C@@H](O)[C@H](Cc2ccccc2)NC(=O)[C@@H](N)C(C)(C)C)cc1. The Balaban J connectivity index is 2.34. The van der Waals surface area contributed by atoms with Crippen molar-refractivity contribution in [1.29, 1.82) is 0 Å². The molecule has 2 aromatic rings. The summed E-state index contributed by atoms with van der Waals surface area (Å²) in [5, 5.41) is 14.2. The number of hydrogen-bond donors (Lipinski definition) is 3. The van der Waals surface area contributed by atoms with E-state index in [0.29, 0.717) is 12.2 Å². The number of hydrogen-bond acceptors (Lipinski definition) is 6. The van der Waals surface area contributed by atoms with Crippen molar-refractivity contribution in [3.63, 3.8) is 0 Å². The monoisotopic (exact) mass is 519 g/mol. The fourth-order valence-electron chi connectivity index (χ4n) is 3.73. The lowest BCUT2D eigenvalue weighted by atomic mass is 9.86. The molecule has 0 aliphatic rings. The predicted molar refractivity (Wildman–Crippen MR) is 142 cm³/mol. The van der Waals surface area contributed by atoms with Crippen LogP contribution >= 0.6 is 0 Å². The molecule has 4 N–H and O–H groups in total. The van der Waals surface area contributed by atoms with Gasteiger partial charge in [-0.05, 0) is 47.6 Å². The van der Waals surface area contributed by atoms with Crippen LogP contribution < -0.4 is 15.8 Å². The Morgan fingerprint density at radius 2 is 1.64 bits per heavy atom.